The van der Waals surface area contributed by atoms with Crippen LogP contribution < -0.4 is 9.47 Å². The number of amides is 1. The van der Waals surface area contributed by atoms with Crippen molar-refractivity contribution in [2.24, 2.45) is 5.92 Å². The number of fused-ring (bicyclic) bond motifs is 1. The normalized spacial score (nSPS) is 18.2. The first kappa shape index (κ1) is 14.2. The van der Waals surface area contributed by atoms with Crippen molar-refractivity contribution in [3.63, 3.8) is 0 Å². The zero-order chi connectivity index (χ0) is 14.7. The summed E-state index contributed by atoms with van der Waals surface area (Å²) in [7, 11) is 1.56. The first-order chi connectivity index (χ1) is 9.49. The number of carbonyl (C=O) groups excluding carboxylic acids is 1. The first-order valence-electron chi connectivity index (χ1n) is 6.35. The van der Waals surface area contributed by atoms with Crippen LogP contribution in [-0.4, -0.2) is 48.2 Å². The van der Waals surface area contributed by atoms with E-state index in [1.54, 1.807) is 32.2 Å². The lowest BCUT2D eigenvalue weighted by Gasteiger charge is -2.29. The lowest BCUT2D eigenvalue weighted by molar-refractivity contribution is -0.145. The van der Waals surface area contributed by atoms with Crippen LogP contribution in [0.1, 0.15) is 6.92 Å². The van der Waals surface area contributed by atoms with Gasteiger partial charge in [0.15, 0.2) is 11.5 Å². The van der Waals surface area contributed by atoms with E-state index in [9.17, 15) is 9.59 Å². The summed E-state index contributed by atoms with van der Waals surface area (Å²) in [5.41, 5.74) is 0. The number of nitrogens with zero attached hydrogens (tertiary/aromatic N) is 1. The monoisotopic (exact) mass is 279 g/mol. The van der Waals surface area contributed by atoms with Gasteiger partial charge in [-0.1, -0.05) is 19.1 Å². The van der Waals surface area contributed by atoms with Gasteiger partial charge in [0.25, 0.3) is 5.91 Å². The molecule has 0 aromatic heterocycles. The van der Waals surface area contributed by atoms with E-state index < -0.39 is 18.0 Å². The van der Waals surface area contributed by atoms with Crippen molar-refractivity contribution in [2.75, 3.05) is 20.2 Å². The average molecular weight is 279 g/mol. The minimum Gasteiger partial charge on any atom is -0.485 e. The van der Waals surface area contributed by atoms with Gasteiger partial charge in [-0.25, -0.2) is 0 Å². The fourth-order valence-corrected chi connectivity index (χ4v) is 1.97. The van der Waals surface area contributed by atoms with E-state index in [4.69, 9.17) is 14.6 Å². The highest BCUT2D eigenvalue weighted by atomic mass is 16.6. The Kier molecular flexibility index (Phi) is 4.12. The number of aliphatic carboxylic acids is 1. The number of para-hydroxylation sites is 2. The second-order valence-electron chi connectivity index (χ2n) is 4.82. The molecule has 6 heteroatoms. The van der Waals surface area contributed by atoms with E-state index in [0.29, 0.717) is 11.5 Å². The minimum atomic E-state index is -0.934. The zero-order valence-corrected chi connectivity index (χ0v) is 11.4. The van der Waals surface area contributed by atoms with Crippen molar-refractivity contribution in [3.8, 4) is 11.5 Å². The molecule has 0 radical (unpaired) electrons. The molecule has 6 nitrogen and oxygen atoms in total. The molecule has 0 spiro atoms. The molecule has 1 N–H and O–H groups in total. The lowest BCUT2D eigenvalue weighted by Crippen LogP contribution is -2.46. The smallest absolute Gasteiger partial charge is 0.308 e. The molecule has 2 atom stereocenters. The number of carboxylic acids is 1. The molecule has 0 saturated carbocycles. The maximum Gasteiger partial charge on any atom is 0.308 e. The van der Waals surface area contributed by atoms with Gasteiger partial charge < -0.3 is 19.5 Å². The molecule has 1 heterocycles. The van der Waals surface area contributed by atoms with Gasteiger partial charge in [0.1, 0.15) is 6.61 Å². The van der Waals surface area contributed by atoms with E-state index in [2.05, 4.69) is 0 Å². The van der Waals surface area contributed by atoms with E-state index in [1.165, 1.54) is 4.90 Å². The maximum atomic E-state index is 12.2. The van der Waals surface area contributed by atoms with Gasteiger partial charge in [-0.15, -0.1) is 0 Å². The number of likely N-dealkylation sites (N-methyl/N-ethyl adjacent to an activating group) is 1. The summed E-state index contributed by atoms with van der Waals surface area (Å²) < 4.78 is 11.1. The number of rotatable bonds is 4. The molecule has 1 aromatic rings. The van der Waals surface area contributed by atoms with E-state index in [0.717, 1.165) is 0 Å². The predicted molar refractivity (Wildman–Crippen MR) is 70.8 cm³/mol. The zero-order valence-electron chi connectivity index (χ0n) is 11.4. The van der Waals surface area contributed by atoms with Crippen LogP contribution in [-0.2, 0) is 9.59 Å². The highest BCUT2D eigenvalue weighted by Crippen LogP contribution is 2.31. The largest absolute Gasteiger partial charge is 0.485 e. The van der Waals surface area contributed by atoms with Gasteiger partial charge in [-0.3, -0.25) is 9.59 Å². The Balaban J connectivity index is 1.99. The Morgan fingerprint density at radius 1 is 1.40 bits per heavy atom. The van der Waals surface area contributed by atoms with Crippen molar-refractivity contribution in [3.05, 3.63) is 24.3 Å². The highest BCUT2D eigenvalue weighted by molar-refractivity contribution is 5.82. The van der Waals surface area contributed by atoms with Crippen LogP contribution in [0.15, 0.2) is 24.3 Å². The third-order valence-corrected chi connectivity index (χ3v) is 3.13. The molecule has 0 aliphatic carbocycles. The number of benzene rings is 1. The molecule has 0 fully saturated rings. The first-order valence-corrected chi connectivity index (χ1v) is 6.35. The van der Waals surface area contributed by atoms with Crippen molar-refractivity contribution in [2.45, 2.75) is 13.0 Å². The SMILES string of the molecule is CC(CN(C)C(=O)C1COc2ccccc2O1)C(=O)O. The molecule has 1 aromatic carbocycles. The van der Waals surface area contributed by atoms with Crippen LogP contribution in [0, 0.1) is 5.92 Å². The van der Waals surface area contributed by atoms with Gasteiger partial charge in [0, 0.05) is 13.6 Å². The standard InChI is InChI=1S/C14H17NO5/c1-9(14(17)18)7-15(2)13(16)12-8-19-10-5-3-4-6-11(10)20-12/h3-6,9,12H,7-8H2,1-2H3,(H,17,18). The highest BCUT2D eigenvalue weighted by Gasteiger charge is 2.30. The molecular formula is C14H17NO5. The number of carbonyl (C=O) groups is 2. The molecule has 1 aliphatic rings. The molecule has 2 rings (SSSR count). The number of ether oxygens (including phenoxy) is 2. The van der Waals surface area contributed by atoms with Crippen molar-refractivity contribution in [1.82, 2.24) is 4.90 Å². The molecule has 0 saturated heterocycles. The Morgan fingerprint density at radius 2 is 2.05 bits per heavy atom. The fraction of sp³-hybridized carbons (Fsp3) is 0.429. The number of hydrogen-bond acceptors (Lipinski definition) is 4. The van der Waals surface area contributed by atoms with E-state index >= 15 is 0 Å². The topological polar surface area (TPSA) is 76.1 Å². The average Bonchev–Trinajstić information content (AvgIpc) is 2.45. The summed E-state index contributed by atoms with van der Waals surface area (Å²) in [6.45, 7) is 1.82. The van der Waals surface area contributed by atoms with Crippen LogP contribution >= 0.6 is 0 Å². The van der Waals surface area contributed by atoms with Crippen LogP contribution in [0.2, 0.25) is 0 Å². The minimum absolute atomic E-state index is 0.127. The van der Waals surface area contributed by atoms with Crippen molar-refractivity contribution in [1.29, 1.82) is 0 Å². The quantitative estimate of drug-likeness (QED) is 0.890. The maximum absolute atomic E-state index is 12.2. The van der Waals surface area contributed by atoms with Gasteiger partial charge in [-0.2, -0.15) is 0 Å². The molecule has 1 amide bonds. The van der Waals surface area contributed by atoms with E-state index in [1.807, 2.05) is 6.07 Å². The molecule has 20 heavy (non-hydrogen) atoms. The molecule has 1 aliphatic heterocycles. The molecule has 0 bridgehead atoms. The van der Waals surface area contributed by atoms with Crippen LogP contribution in [0.5, 0.6) is 11.5 Å². The second kappa shape index (κ2) is 5.81. The van der Waals surface area contributed by atoms with Crippen LogP contribution in [0.3, 0.4) is 0 Å². The summed E-state index contributed by atoms with van der Waals surface area (Å²) in [5, 5.41) is 8.86. The number of hydrogen-bond donors (Lipinski definition) is 1. The van der Waals surface area contributed by atoms with Crippen molar-refractivity contribution < 1.29 is 24.2 Å². The van der Waals surface area contributed by atoms with Crippen molar-refractivity contribution >= 4 is 11.9 Å². The third kappa shape index (κ3) is 3.01. The Labute approximate surface area is 116 Å². The second-order valence-corrected chi connectivity index (χ2v) is 4.82. The molecule has 2 unspecified atom stereocenters. The Bertz CT molecular complexity index is 516. The summed E-state index contributed by atoms with van der Waals surface area (Å²) in [6, 6.07) is 7.12. The lowest BCUT2D eigenvalue weighted by atomic mass is 10.1. The van der Waals surface area contributed by atoms with Crippen LogP contribution in [0.4, 0.5) is 0 Å². The summed E-state index contributed by atoms with van der Waals surface area (Å²) in [4.78, 5) is 24.4. The Morgan fingerprint density at radius 3 is 2.70 bits per heavy atom. The number of carboxylic acid groups (broad SMARTS) is 1. The van der Waals surface area contributed by atoms with E-state index in [-0.39, 0.29) is 19.1 Å². The summed E-state index contributed by atoms with van der Waals surface area (Å²) >= 11 is 0. The summed E-state index contributed by atoms with van der Waals surface area (Å²) in [6.07, 6.45) is -0.740. The molecule has 108 valence electrons. The van der Waals surface area contributed by atoms with Gasteiger partial charge in [0.2, 0.25) is 6.10 Å². The fourth-order valence-electron chi connectivity index (χ4n) is 1.97. The summed E-state index contributed by atoms with van der Waals surface area (Å²) in [5.74, 6) is -0.709. The Hall–Kier alpha value is -2.24. The van der Waals surface area contributed by atoms with Crippen LogP contribution in [0.25, 0.3) is 0 Å². The van der Waals surface area contributed by atoms with Gasteiger partial charge in [0.05, 0.1) is 5.92 Å². The van der Waals surface area contributed by atoms with Gasteiger partial charge >= 0.3 is 5.97 Å². The van der Waals surface area contributed by atoms with Gasteiger partial charge in [-0.05, 0) is 12.1 Å². The third-order valence-electron chi connectivity index (χ3n) is 3.13. The predicted octanol–water partition coefficient (Wildman–Crippen LogP) is 1.01. The molecular weight excluding hydrogens is 262 g/mol.